The van der Waals surface area contributed by atoms with Crippen LogP contribution in [0.25, 0.3) is 0 Å². The van der Waals surface area contributed by atoms with E-state index in [4.69, 9.17) is 4.74 Å². The molecule has 1 aromatic rings. The number of hydrogen-bond donors (Lipinski definition) is 0. The molecule has 1 fully saturated rings. The Bertz CT molecular complexity index is 689. The zero-order chi connectivity index (χ0) is 15.5. The maximum Gasteiger partial charge on any atom is 0.256 e. The summed E-state index contributed by atoms with van der Waals surface area (Å²) in [7, 11) is 0. The van der Waals surface area contributed by atoms with Crippen molar-refractivity contribution >= 4 is 5.91 Å². The monoisotopic (exact) mass is 295 g/mol. The summed E-state index contributed by atoms with van der Waals surface area (Å²) in [5.74, 6) is 0.0768. The highest BCUT2D eigenvalue weighted by Gasteiger charge is 2.59. The SMILES string of the molecule is C[C@@H]1OC(C)(C)N2C(=O)c3ccccc3C3(C=CCC=C3)C12. The number of ether oxygens (including phenoxy) is 1. The summed E-state index contributed by atoms with van der Waals surface area (Å²) < 4.78 is 6.16. The molecule has 2 aliphatic heterocycles. The largest absolute Gasteiger partial charge is 0.351 e. The van der Waals surface area contributed by atoms with Crippen molar-refractivity contribution in [3.05, 3.63) is 59.7 Å². The topological polar surface area (TPSA) is 29.5 Å². The van der Waals surface area contributed by atoms with E-state index in [-0.39, 0.29) is 23.5 Å². The van der Waals surface area contributed by atoms with Gasteiger partial charge in [0, 0.05) is 5.56 Å². The lowest BCUT2D eigenvalue weighted by molar-refractivity contribution is -0.0605. The van der Waals surface area contributed by atoms with Crippen molar-refractivity contribution in [2.24, 2.45) is 0 Å². The predicted molar refractivity (Wildman–Crippen MR) is 85.6 cm³/mol. The number of rotatable bonds is 0. The van der Waals surface area contributed by atoms with Crippen molar-refractivity contribution < 1.29 is 9.53 Å². The van der Waals surface area contributed by atoms with Gasteiger partial charge in [-0.3, -0.25) is 4.79 Å². The number of nitrogens with zero attached hydrogens (tertiary/aromatic N) is 1. The molecule has 4 rings (SSSR count). The average molecular weight is 295 g/mol. The summed E-state index contributed by atoms with van der Waals surface area (Å²) >= 11 is 0. The number of carbonyl (C=O) groups is 1. The highest BCUT2D eigenvalue weighted by molar-refractivity contribution is 5.99. The van der Waals surface area contributed by atoms with Crippen molar-refractivity contribution in [2.45, 2.75) is 50.5 Å². The highest BCUT2D eigenvalue weighted by atomic mass is 16.5. The van der Waals surface area contributed by atoms with E-state index in [0.29, 0.717) is 0 Å². The molecule has 1 aromatic carbocycles. The van der Waals surface area contributed by atoms with Crippen molar-refractivity contribution in [1.82, 2.24) is 4.90 Å². The maximum absolute atomic E-state index is 13.1. The quantitative estimate of drug-likeness (QED) is 0.686. The summed E-state index contributed by atoms with van der Waals surface area (Å²) in [6, 6.07) is 7.98. The van der Waals surface area contributed by atoms with Crippen molar-refractivity contribution in [2.75, 3.05) is 0 Å². The van der Waals surface area contributed by atoms with Gasteiger partial charge < -0.3 is 9.64 Å². The summed E-state index contributed by atoms with van der Waals surface area (Å²) in [5.41, 5.74) is 1.03. The smallest absolute Gasteiger partial charge is 0.256 e. The third-order valence-electron chi connectivity index (χ3n) is 5.17. The van der Waals surface area contributed by atoms with E-state index < -0.39 is 5.72 Å². The molecule has 1 spiro atoms. The molecular formula is C19H21NO2. The zero-order valence-corrected chi connectivity index (χ0v) is 13.2. The van der Waals surface area contributed by atoms with Crippen molar-refractivity contribution in [1.29, 1.82) is 0 Å². The Morgan fingerprint density at radius 2 is 1.86 bits per heavy atom. The Balaban J connectivity index is 2.03. The second-order valence-corrected chi connectivity index (χ2v) is 6.91. The fourth-order valence-corrected chi connectivity index (χ4v) is 4.47. The van der Waals surface area contributed by atoms with Crippen LogP contribution in [0.5, 0.6) is 0 Å². The van der Waals surface area contributed by atoms with Crippen molar-refractivity contribution in [3.8, 4) is 0 Å². The van der Waals surface area contributed by atoms with Gasteiger partial charge >= 0.3 is 0 Å². The Hall–Kier alpha value is -1.87. The summed E-state index contributed by atoms with van der Waals surface area (Å²) in [6.07, 6.45) is 9.85. The molecule has 0 bridgehead atoms. The van der Waals surface area contributed by atoms with Crippen LogP contribution in [-0.4, -0.2) is 28.7 Å². The second-order valence-electron chi connectivity index (χ2n) is 6.91. The number of hydrogen-bond acceptors (Lipinski definition) is 2. The summed E-state index contributed by atoms with van der Waals surface area (Å²) in [4.78, 5) is 15.0. The van der Waals surface area contributed by atoms with Gasteiger partial charge in [-0.1, -0.05) is 42.5 Å². The molecule has 3 heteroatoms. The molecule has 2 heterocycles. The Morgan fingerprint density at radius 1 is 1.18 bits per heavy atom. The molecular weight excluding hydrogens is 274 g/mol. The van der Waals surface area contributed by atoms with Gasteiger partial charge in [0.1, 0.15) is 5.72 Å². The molecule has 0 radical (unpaired) electrons. The fraction of sp³-hybridized carbons (Fsp3) is 0.421. The van der Waals surface area contributed by atoms with E-state index in [1.807, 2.05) is 36.9 Å². The van der Waals surface area contributed by atoms with E-state index in [1.165, 1.54) is 0 Å². The normalized spacial score (nSPS) is 30.5. The number of fused-ring (bicyclic) bond motifs is 4. The first-order valence-electron chi connectivity index (χ1n) is 7.94. The van der Waals surface area contributed by atoms with Crippen LogP contribution in [0.3, 0.4) is 0 Å². The molecule has 3 nitrogen and oxygen atoms in total. The zero-order valence-electron chi connectivity index (χ0n) is 13.2. The minimum atomic E-state index is -0.583. The summed E-state index contributed by atoms with van der Waals surface area (Å²) in [6.45, 7) is 6.05. The first-order valence-corrected chi connectivity index (χ1v) is 7.94. The minimum absolute atomic E-state index is 0.00213. The van der Waals surface area contributed by atoms with Gasteiger partial charge in [-0.05, 0) is 38.8 Å². The molecule has 0 saturated carbocycles. The fourth-order valence-electron chi connectivity index (χ4n) is 4.47. The van der Waals surface area contributed by atoms with Gasteiger partial charge in [0.2, 0.25) is 0 Å². The molecule has 2 atom stereocenters. The lowest BCUT2D eigenvalue weighted by atomic mass is 9.66. The molecule has 114 valence electrons. The van der Waals surface area contributed by atoms with E-state index in [9.17, 15) is 4.79 Å². The van der Waals surface area contributed by atoms with Gasteiger partial charge in [-0.25, -0.2) is 0 Å². The Kier molecular flexibility index (Phi) is 2.71. The number of carbonyl (C=O) groups excluding carboxylic acids is 1. The van der Waals surface area contributed by atoms with Gasteiger partial charge in [-0.2, -0.15) is 0 Å². The Labute approximate surface area is 131 Å². The van der Waals surface area contributed by atoms with E-state index in [0.717, 1.165) is 17.5 Å². The van der Waals surface area contributed by atoms with Gasteiger partial charge in [0.05, 0.1) is 17.6 Å². The highest BCUT2D eigenvalue weighted by Crippen LogP contribution is 2.50. The standard InChI is InChI=1S/C19H21NO2/c1-13-16-19(11-7-4-8-12-19)15-10-6-5-9-14(15)17(21)20(16)18(2,3)22-13/h5-13,16H,4H2,1-3H3/t13-,16?/m0/s1. The van der Waals surface area contributed by atoms with Crippen LogP contribution in [0, 0.1) is 0 Å². The average Bonchev–Trinajstić information content (AvgIpc) is 2.76. The van der Waals surface area contributed by atoms with Crippen LogP contribution in [0.15, 0.2) is 48.6 Å². The lowest BCUT2D eigenvalue weighted by Crippen LogP contribution is -2.60. The van der Waals surface area contributed by atoms with Crippen LogP contribution in [0.2, 0.25) is 0 Å². The first kappa shape index (κ1) is 13.8. The molecule has 1 saturated heterocycles. The third-order valence-corrected chi connectivity index (χ3v) is 5.17. The van der Waals surface area contributed by atoms with Crippen LogP contribution >= 0.6 is 0 Å². The lowest BCUT2D eigenvalue weighted by Gasteiger charge is -2.48. The Morgan fingerprint density at radius 3 is 2.59 bits per heavy atom. The molecule has 0 aromatic heterocycles. The maximum atomic E-state index is 13.1. The van der Waals surface area contributed by atoms with Crippen LogP contribution in [0.4, 0.5) is 0 Å². The molecule has 1 amide bonds. The first-order chi connectivity index (χ1) is 10.5. The third kappa shape index (κ3) is 1.57. The van der Waals surface area contributed by atoms with Crippen LogP contribution in [-0.2, 0) is 10.2 Å². The molecule has 3 aliphatic rings. The summed E-state index contributed by atoms with van der Waals surface area (Å²) in [5, 5.41) is 0. The molecule has 22 heavy (non-hydrogen) atoms. The van der Waals surface area contributed by atoms with E-state index in [2.05, 4.69) is 37.3 Å². The number of allylic oxidation sites excluding steroid dienone is 2. The molecule has 0 N–H and O–H groups in total. The van der Waals surface area contributed by atoms with Gasteiger partial charge in [-0.15, -0.1) is 0 Å². The molecule has 1 unspecified atom stereocenters. The van der Waals surface area contributed by atoms with Crippen LogP contribution in [0.1, 0.15) is 43.1 Å². The van der Waals surface area contributed by atoms with Crippen LogP contribution < -0.4 is 0 Å². The molecule has 1 aliphatic carbocycles. The number of benzene rings is 1. The van der Waals surface area contributed by atoms with E-state index in [1.54, 1.807) is 0 Å². The van der Waals surface area contributed by atoms with E-state index >= 15 is 0 Å². The number of amides is 1. The predicted octanol–water partition coefficient (Wildman–Crippen LogP) is 3.42. The second kappa shape index (κ2) is 4.32. The van der Waals surface area contributed by atoms with Gasteiger partial charge in [0.25, 0.3) is 5.91 Å². The minimum Gasteiger partial charge on any atom is -0.351 e. The van der Waals surface area contributed by atoms with Crippen molar-refractivity contribution in [3.63, 3.8) is 0 Å². The van der Waals surface area contributed by atoms with Gasteiger partial charge in [0.15, 0.2) is 0 Å².